The van der Waals surface area contributed by atoms with Crippen molar-refractivity contribution in [3.8, 4) is 0 Å². The van der Waals surface area contributed by atoms with Crippen molar-refractivity contribution in [2.75, 3.05) is 18.4 Å². The minimum Gasteiger partial charge on any atom is -0.461 e. The standard InChI is InChI=1S/C38H60N6O8/c1-23(2)25(5)36(50)52-22-26-15-17-27(18-16-26)41-33(47)29(13-12-19-40-37(39)51)42-34(48)32(24(3)4)43-30(45)14-10-9-11-20-44-31(46)21-28(35(44)49)38(6,7)8/h15-18,23-25,28-29,32H,9-14,19-22H2,1-8H3,(H,41,47)(H,42,48)(H,43,45)(H3,39,40,51)/t25?,28?,29-,32-/m0/s1. The number of imide groups is 1. The van der Waals surface area contributed by atoms with Gasteiger partial charge in [0.2, 0.25) is 29.5 Å². The average Bonchev–Trinajstić information content (AvgIpc) is 3.36. The van der Waals surface area contributed by atoms with Gasteiger partial charge in [0.1, 0.15) is 18.7 Å². The van der Waals surface area contributed by atoms with Crippen LogP contribution in [0.3, 0.4) is 0 Å². The van der Waals surface area contributed by atoms with Crippen LogP contribution in [0.5, 0.6) is 0 Å². The van der Waals surface area contributed by atoms with Gasteiger partial charge in [-0.1, -0.05) is 73.9 Å². The second-order valence-corrected chi connectivity index (χ2v) is 15.4. The Morgan fingerprint density at radius 3 is 2.10 bits per heavy atom. The van der Waals surface area contributed by atoms with Gasteiger partial charge in [0, 0.05) is 31.6 Å². The largest absolute Gasteiger partial charge is 0.461 e. The summed E-state index contributed by atoms with van der Waals surface area (Å²) >= 11 is 0. The number of benzene rings is 1. The van der Waals surface area contributed by atoms with Gasteiger partial charge in [0.25, 0.3) is 0 Å². The molecular weight excluding hydrogens is 668 g/mol. The molecule has 1 aliphatic heterocycles. The Morgan fingerprint density at radius 2 is 1.54 bits per heavy atom. The van der Waals surface area contributed by atoms with Gasteiger partial charge in [-0.2, -0.15) is 0 Å². The molecule has 1 fully saturated rings. The van der Waals surface area contributed by atoms with Crippen molar-refractivity contribution in [2.24, 2.45) is 34.8 Å². The number of carbonyl (C=O) groups excluding carboxylic acids is 7. The van der Waals surface area contributed by atoms with Crippen LogP contribution < -0.4 is 27.0 Å². The van der Waals surface area contributed by atoms with Crippen LogP contribution in [-0.4, -0.2) is 71.6 Å². The number of amides is 7. The first-order valence-corrected chi connectivity index (χ1v) is 18.4. The monoisotopic (exact) mass is 728 g/mol. The molecule has 14 heteroatoms. The Hall–Kier alpha value is -4.49. The molecule has 6 N–H and O–H groups in total. The van der Waals surface area contributed by atoms with Crippen molar-refractivity contribution in [2.45, 2.75) is 119 Å². The Kier molecular flexibility index (Phi) is 17.2. The van der Waals surface area contributed by atoms with Crippen molar-refractivity contribution in [3.05, 3.63) is 29.8 Å². The van der Waals surface area contributed by atoms with Gasteiger partial charge in [-0.15, -0.1) is 0 Å². The van der Waals surface area contributed by atoms with Gasteiger partial charge >= 0.3 is 12.0 Å². The Bertz CT molecular complexity index is 1400. The van der Waals surface area contributed by atoms with E-state index in [0.717, 1.165) is 5.56 Å². The SMILES string of the molecule is CC(C)C(C)C(=O)OCc1ccc(NC(=O)[C@H](CCCNC(N)=O)NC(=O)[C@@H](NC(=O)CCCCCN2C(=O)CC(C(C)(C)C)C2=O)C(C)C)cc1. The summed E-state index contributed by atoms with van der Waals surface area (Å²) in [6.45, 7) is 15.7. The molecule has 1 aromatic rings. The van der Waals surface area contributed by atoms with Crippen LogP contribution >= 0.6 is 0 Å². The zero-order chi connectivity index (χ0) is 39.2. The number of anilines is 1. The number of urea groups is 1. The van der Waals surface area contributed by atoms with E-state index in [1.165, 1.54) is 4.90 Å². The normalized spacial score (nSPS) is 16.3. The molecule has 0 aliphatic carbocycles. The Labute approximate surface area is 308 Å². The van der Waals surface area contributed by atoms with Gasteiger partial charge in [-0.05, 0) is 60.6 Å². The Balaban J connectivity index is 1.95. The number of nitrogens with one attached hydrogen (secondary N) is 4. The fraction of sp³-hybridized carbons (Fsp3) is 0.658. The van der Waals surface area contributed by atoms with Crippen LogP contribution in [0.1, 0.15) is 106 Å². The van der Waals surface area contributed by atoms with Crippen molar-refractivity contribution in [3.63, 3.8) is 0 Å². The topological polar surface area (TPSA) is 206 Å². The summed E-state index contributed by atoms with van der Waals surface area (Å²) in [5.74, 6) is -2.62. The second kappa shape index (κ2) is 20.5. The number of nitrogens with two attached hydrogens (primary N) is 1. The molecule has 0 saturated carbocycles. The van der Waals surface area contributed by atoms with E-state index in [2.05, 4.69) is 21.3 Å². The molecule has 0 radical (unpaired) electrons. The number of rotatable bonds is 20. The highest BCUT2D eigenvalue weighted by Crippen LogP contribution is 2.35. The molecule has 1 heterocycles. The fourth-order valence-corrected chi connectivity index (χ4v) is 5.63. The molecule has 7 amide bonds. The maximum absolute atomic E-state index is 13.5. The smallest absolute Gasteiger partial charge is 0.312 e. The molecule has 1 aromatic carbocycles. The maximum Gasteiger partial charge on any atom is 0.312 e. The lowest BCUT2D eigenvalue weighted by atomic mass is 9.80. The first kappa shape index (κ1) is 43.7. The molecule has 4 atom stereocenters. The van der Waals surface area contributed by atoms with Crippen molar-refractivity contribution in [1.29, 1.82) is 0 Å². The van der Waals surface area contributed by atoms with Crippen molar-refractivity contribution >= 4 is 47.2 Å². The zero-order valence-corrected chi connectivity index (χ0v) is 32.1. The first-order valence-electron chi connectivity index (χ1n) is 18.4. The number of unbranched alkanes of at least 4 members (excludes halogenated alkanes) is 2. The number of carbonyl (C=O) groups is 7. The van der Waals surface area contributed by atoms with Crippen LogP contribution in [0, 0.1) is 29.1 Å². The van der Waals surface area contributed by atoms with Crippen molar-refractivity contribution < 1.29 is 38.3 Å². The van der Waals surface area contributed by atoms with Crippen LogP contribution in [0.2, 0.25) is 0 Å². The summed E-state index contributed by atoms with van der Waals surface area (Å²) in [6.07, 6.45) is 2.59. The minimum atomic E-state index is -0.993. The molecule has 290 valence electrons. The maximum atomic E-state index is 13.5. The molecule has 0 bridgehead atoms. The van der Waals surface area contributed by atoms with E-state index in [1.807, 2.05) is 41.5 Å². The van der Waals surface area contributed by atoms with E-state index in [4.69, 9.17) is 10.5 Å². The summed E-state index contributed by atoms with van der Waals surface area (Å²) in [5.41, 5.74) is 6.08. The van der Waals surface area contributed by atoms with Crippen LogP contribution in [0.25, 0.3) is 0 Å². The van der Waals surface area contributed by atoms with Gasteiger partial charge in [0.15, 0.2) is 0 Å². The van der Waals surface area contributed by atoms with Crippen LogP contribution in [-0.2, 0) is 40.1 Å². The van der Waals surface area contributed by atoms with Gasteiger partial charge < -0.3 is 31.7 Å². The number of primary amides is 1. The summed E-state index contributed by atoms with van der Waals surface area (Å²) in [5, 5.41) is 10.8. The third-order valence-corrected chi connectivity index (χ3v) is 9.42. The van der Waals surface area contributed by atoms with E-state index in [1.54, 1.807) is 38.1 Å². The van der Waals surface area contributed by atoms with E-state index in [9.17, 15) is 33.6 Å². The highest BCUT2D eigenvalue weighted by atomic mass is 16.5. The number of nitrogens with zero attached hydrogens (tertiary/aromatic N) is 1. The number of esters is 1. The third-order valence-electron chi connectivity index (χ3n) is 9.42. The molecule has 1 saturated heterocycles. The average molecular weight is 729 g/mol. The quantitative estimate of drug-likeness (QED) is 0.0752. The Morgan fingerprint density at radius 1 is 0.885 bits per heavy atom. The molecule has 1 aliphatic rings. The highest BCUT2D eigenvalue weighted by molar-refractivity contribution is 6.04. The van der Waals surface area contributed by atoms with Gasteiger partial charge in [0.05, 0.1) is 11.8 Å². The fourth-order valence-electron chi connectivity index (χ4n) is 5.63. The molecule has 52 heavy (non-hydrogen) atoms. The minimum absolute atomic E-state index is 0.0939. The molecular formula is C38H60N6O8. The van der Waals surface area contributed by atoms with E-state index < -0.39 is 29.9 Å². The molecule has 14 nitrogen and oxygen atoms in total. The van der Waals surface area contributed by atoms with Crippen molar-refractivity contribution in [1.82, 2.24) is 20.9 Å². The lowest BCUT2D eigenvalue weighted by Gasteiger charge is -2.25. The summed E-state index contributed by atoms with van der Waals surface area (Å²) in [6, 6.07) is 4.18. The summed E-state index contributed by atoms with van der Waals surface area (Å²) < 4.78 is 5.40. The predicted octanol–water partition coefficient (Wildman–Crippen LogP) is 4.02. The number of ether oxygens (including phenoxy) is 1. The first-order chi connectivity index (χ1) is 24.3. The van der Waals surface area contributed by atoms with E-state index in [0.29, 0.717) is 37.9 Å². The van der Waals surface area contributed by atoms with Gasteiger partial charge in [-0.3, -0.25) is 33.7 Å². The van der Waals surface area contributed by atoms with Gasteiger partial charge in [-0.25, -0.2) is 4.79 Å². The third kappa shape index (κ3) is 14.3. The predicted molar refractivity (Wildman–Crippen MR) is 197 cm³/mol. The second-order valence-electron chi connectivity index (χ2n) is 15.4. The lowest BCUT2D eigenvalue weighted by molar-refractivity contribution is -0.150. The summed E-state index contributed by atoms with van der Waals surface area (Å²) in [4.78, 5) is 89.5. The molecule has 2 rings (SSSR count). The molecule has 2 unspecified atom stereocenters. The number of hydrogen-bond acceptors (Lipinski definition) is 8. The summed E-state index contributed by atoms with van der Waals surface area (Å²) in [7, 11) is 0. The highest BCUT2D eigenvalue weighted by Gasteiger charge is 2.44. The van der Waals surface area contributed by atoms with Crippen LogP contribution in [0.4, 0.5) is 10.5 Å². The number of likely N-dealkylation sites (tertiary alicyclic amines) is 1. The van der Waals surface area contributed by atoms with E-state index >= 15 is 0 Å². The van der Waals surface area contributed by atoms with Crippen LogP contribution in [0.15, 0.2) is 24.3 Å². The molecule has 0 spiro atoms. The lowest BCUT2D eigenvalue weighted by Crippen LogP contribution is -2.54. The van der Waals surface area contributed by atoms with E-state index in [-0.39, 0.29) is 85.2 Å². The zero-order valence-electron chi connectivity index (χ0n) is 32.1. The number of hydrogen-bond donors (Lipinski definition) is 5. The molecule has 0 aromatic heterocycles.